The Labute approximate surface area is 205 Å². The van der Waals surface area contributed by atoms with Gasteiger partial charge in [-0.25, -0.2) is 4.79 Å². The first kappa shape index (κ1) is 24.3. The van der Waals surface area contributed by atoms with E-state index in [2.05, 4.69) is 28.7 Å². The van der Waals surface area contributed by atoms with Gasteiger partial charge < -0.3 is 20.5 Å². The van der Waals surface area contributed by atoms with Gasteiger partial charge in [-0.15, -0.1) is 12.3 Å². The average Bonchev–Trinajstić information content (AvgIpc) is 3.43. The predicted molar refractivity (Wildman–Crippen MR) is 132 cm³/mol. The Bertz CT molecular complexity index is 1100. The molecule has 182 valence electrons. The fraction of sp³-hybridized carbons (Fsp3) is 0.393. The maximum absolute atomic E-state index is 13.1. The lowest BCUT2D eigenvalue weighted by molar-refractivity contribution is -0.137. The van der Waals surface area contributed by atoms with Crippen LogP contribution in [0.25, 0.3) is 11.1 Å². The molecule has 0 saturated heterocycles. The summed E-state index contributed by atoms with van der Waals surface area (Å²) in [7, 11) is 0. The van der Waals surface area contributed by atoms with E-state index in [0.717, 1.165) is 47.9 Å². The molecule has 0 heterocycles. The molecule has 3 N–H and O–H groups in total. The molecule has 0 radical (unpaired) electrons. The number of carboxylic acid groups (broad SMARTS) is 1. The highest BCUT2D eigenvalue weighted by molar-refractivity contribution is 5.87. The summed E-state index contributed by atoms with van der Waals surface area (Å²) in [5.74, 6) is 1.04. The van der Waals surface area contributed by atoms with Gasteiger partial charge in [-0.05, 0) is 41.5 Å². The summed E-state index contributed by atoms with van der Waals surface area (Å²) in [4.78, 5) is 37.0. The summed E-state index contributed by atoms with van der Waals surface area (Å²) in [6, 6.07) is 15.0. The van der Waals surface area contributed by atoms with Crippen LogP contribution in [0.4, 0.5) is 4.79 Å². The molecule has 2 aromatic carbocycles. The molecule has 2 amide bonds. The zero-order valence-electron chi connectivity index (χ0n) is 19.6. The number of carboxylic acids is 1. The lowest BCUT2D eigenvalue weighted by Gasteiger charge is -2.30. The van der Waals surface area contributed by atoms with E-state index in [0.29, 0.717) is 6.42 Å². The number of hydrogen-bond acceptors (Lipinski definition) is 4. The summed E-state index contributed by atoms with van der Waals surface area (Å²) >= 11 is 0. The van der Waals surface area contributed by atoms with Gasteiger partial charge in [-0.1, -0.05) is 61.4 Å². The third-order valence-electron chi connectivity index (χ3n) is 6.99. The summed E-state index contributed by atoms with van der Waals surface area (Å²) < 4.78 is 5.56. The van der Waals surface area contributed by atoms with Crippen LogP contribution in [0.5, 0.6) is 0 Å². The van der Waals surface area contributed by atoms with Crippen molar-refractivity contribution in [1.29, 1.82) is 0 Å². The van der Waals surface area contributed by atoms with Gasteiger partial charge in [-0.3, -0.25) is 9.59 Å². The molecule has 1 saturated carbocycles. The van der Waals surface area contributed by atoms with Crippen LogP contribution in [-0.4, -0.2) is 41.3 Å². The second-order valence-electron chi connectivity index (χ2n) is 9.31. The number of carbonyl (C=O) groups excluding carboxylic acids is 2. The maximum Gasteiger partial charge on any atom is 0.407 e. The first-order valence-corrected chi connectivity index (χ1v) is 12.0. The maximum atomic E-state index is 13.1. The quantitative estimate of drug-likeness (QED) is 0.472. The Morgan fingerprint density at radius 2 is 1.66 bits per heavy atom. The number of rotatable bonds is 9. The molecule has 1 atom stereocenters. The van der Waals surface area contributed by atoms with Crippen LogP contribution in [0.1, 0.15) is 62.0 Å². The molecular weight excluding hydrogens is 444 g/mol. The smallest absolute Gasteiger partial charge is 0.407 e. The van der Waals surface area contributed by atoms with E-state index < -0.39 is 29.6 Å². The number of nitrogens with one attached hydrogen (secondary N) is 2. The van der Waals surface area contributed by atoms with Gasteiger partial charge in [0.05, 0.1) is 5.54 Å². The third-order valence-corrected chi connectivity index (χ3v) is 6.99. The summed E-state index contributed by atoms with van der Waals surface area (Å²) in [5.41, 5.74) is 3.89. The molecule has 2 aromatic rings. The highest BCUT2D eigenvalue weighted by atomic mass is 16.5. The van der Waals surface area contributed by atoms with Crippen molar-refractivity contribution in [3.63, 3.8) is 0 Å². The molecule has 0 aromatic heterocycles. The van der Waals surface area contributed by atoms with Crippen molar-refractivity contribution in [2.45, 2.75) is 62.4 Å². The molecule has 0 aliphatic heterocycles. The first-order valence-electron chi connectivity index (χ1n) is 12.0. The fourth-order valence-electron chi connectivity index (χ4n) is 5.26. The molecule has 1 fully saturated rings. The minimum absolute atomic E-state index is 0.0442. The van der Waals surface area contributed by atoms with Crippen molar-refractivity contribution in [1.82, 2.24) is 10.6 Å². The fourth-order valence-corrected chi connectivity index (χ4v) is 5.26. The lowest BCUT2D eigenvalue weighted by Crippen LogP contribution is -2.54. The molecule has 7 heteroatoms. The number of terminal acetylenes is 1. The second kappa shape index (κ2) is 10.6. The van der Waals surface area contributed by atoms with E-state index in [1.807, 2.05) is 36.4 Å². The molecule has 0 bridgehead atoms. The van der Waals surface area contributed by atoms with Gasteiger partial charge in [0.25, 0.3) is 0 Å². The summed E-state index contributed by atoms with van der Waals surface area (Å²) in [6.45, 7) is 0.105. The third kappa shape index (κ3) is 5.48. The molecule has 4 rings (SSSR count). The molecule has 2 aliphatic carbocycles. The Balaban J connectivity index is 1.42. The molecule has 1 unspecified atom stereocenters. The van der Waals surface area contributed by atoms with Crippen LogP contribution in [0.2, 0.25) is 0 Å². The molecule has 2 aliphatic rings. The lowest BCUT2D eigenvalue weighted by atomic mass is 9.93. The van der Waals surface area contributed by atoms with Crippen molar-refractivity contribution >= 4 is 18.0 Å². The van der Waals surface area contributed by atoms with E-state index in [1.54, 1.807) is 0 Å². The van der Waals surface area contributed by atoms with Crippen LogP contribution in [0.3, 0.4) is 0 Å². The SMILES string of the molecule is C#CCC1(NC(=O)C(CCC(=O)O)NC(=O)OCC2c3ccccc3-c3ccccc32)CCCC1. The van der Waals surface area contributed by atoms with Crippen LogP contribution in [-0.2, 0) is 14.3 Å². The average molecular weight is 475 g/mol. The number of benzene rings is 2. The van der Waals surface area contributed by atoms with Crippen LogP contribution >= 0.6 is 0 Å². The van der Waals surface area contributed by atoms with Gasteiger partial charge in [0.15, 0.2) is 0 Å². The minimum atomic E-state index is -1.05. The Morgan fingerprint density at radius 1 is 1.06 bits per heavy atom. The van der Waals surface area contributed by atoms with Crippen molar-refractivity contribution in [3.05, 3.63) is 59.7 Å². The van der Waals surface area contributed by atoms with Gasteiger partial charge in [0.1, 0.15) is 12.6 Å². The topological polar surface area (TPSA) is 105 Å². The standard InChI is InChI=1S/C28H30N2O5/c1-2-15-28(16-7-8-17-28)30-26(33)24(13-14-25(31)32)29-27(34)35-18-23-21-11-5-3-9-19(21)20-10-4-6-12-22(20)23/h1,3-6,9-12,23-24H,7-8,13-18H2,(H,29,34)(H,30,33)(H,31,32). The van der Waals surface area contributed by atoms with Crippen LogP contribution in [0.15, 0.2) is 48.5 Å². The molecular formula is C28H30N2O5. The first-order chi connectivity index (χ1) is 16.9. The minimum Gasteiger partial charge on any atom is -0.481 e. The van der Waals surface area contributed by atoms with Gasteiger partial charge >= 0.3 is 12.1 Å². The zero-order valence-corrected chi connectivity index (χ0v) is 19.6. The monoisotopic (exact) mass is 474 g/mol. The molecule has 0 spiro atoms. The molecule has 35 heavy (non-hydrogen) atoms. The molecule has 7 nitrogen and oxygen atoms in total. The van der Waals surface area contributed by atoms with Crippen molar-refractivity contribution in [2.75, 3.05) is 6.61 Å². The summed E-state index contributed by atoms with van der Waals surface area (Å²) in [5, 5.41) is 14.7. The normalized spacial score (nSPS) is 16.4. The van der Waals surface area contributed by atoms with Gasteiger partial charge in [-0.2, -0.15) is 0 Å². The summed E-state index contributed by atoms with van der Waals surface area (Å²) in [6.07, 6.45) is 8.31. The van der Waals surface area contributed by atoms with Gasteiger partial charge in [0.2, 0.25) is 5.91 Å². The van der Waals surface area contributed by atoms with Crippen molar-refractivity contribution < 1.29 is 24.2 Å². The Kier molecular flexibility index (Phi) is 7.40. The van der Waals surface area contributed by atoms with Gasteiger partial charge in [0, 0.05) is 18.8 Å². The number of alkyl carbamates (subject to hydrolysis) is 1. The van der Waals surface area contributed by atoms with E-state index in [4.69, 9.17) is 16.3 Å². The van der Waals surface area contributed by atoms with Crippen LogP contribution < -0.4 is 10.6 Å². The predicted octanol–water partition coefficient (Wildman–Crippen LogP) is 4.21. The largest absolute Gasteiger partial charge is 0.481 e. The number of carbonyl (C=O) groups is 3. The van der Waals surface area contributed by atoms with Crippen molar-refractivity contribution in [3.8, 4) is 23.5 Å². The van der Waals surface area contributed by atoms with E-state index in [-0.39, 0.29) is 25.4 Å². The number of hydrogen-bond donors (Lipinski definition) is 3. The van der Waals surface area contributed by atoms with E-state index >= 15 is 0 Å². The highest BCUT2D eigenvalue weighted by Crippen LogP contribution is 2.44. The van der Waals surface area contributed by atoms with E-state index in [9.17, 15) is 14.4 Å². The number of aliphatic carboxylic acids is 1. The number of amides is 2. The highest BCUT2D eigenvalue weighted by Gasteiger charge is 2.37. The second-order valence-corrected chi connectivity index (χ2v) is 9.31. The Morgan fingerprint density at radius 3 is 2.23 bits per heavy atom. The van der Waals surface area contributed by atoms with E-state index in [1.165, 1.54) is 0 Å². The number of ether oxygens (including phenoxy) is 1. The van der Waals surface area contributed by atoms with Crippen LogP contribution in [0, 0.1) is 12.3 Å². The zero-order chi connectivity index (χ0) is 24.8. The number of fused-ring (bicyclic) bond motifs is 3. The van der Waals surface area contributed by atoms with Crippen molar-refractivity contribution in [2.24, 2.45) is 0 Å². The Hall–Kier alpha value is -3.79.